The molecule has 1 saturated heterocycles. The Morgan fingerprint density at radius 3 is 2.48 bits per heavy atom. The molecule has 3 aromatic rings. The number of nitrogens with zero attached hydrogens (tertiary/aromatic N) is 1. The zero-order valence-electron chi connectivity index (χ0n) is 17.6. The number of halogens is 1. The predicted molar refractivity (Wildman–Crippen MR) is 129 cm³/mol. The summed E-state index contributed by atoms with van der Waals surface area (Å²) in [5, 5.41) is 3.47. The minimum atomic E-state index is -0.216. The molecule has 1 atom stereocenters. The van der Waals surface area contributed by atoms with Crippen LogP contribution in [0.3, 0.4) is 0 Å². The minimum absolute atomic E-state index is 0.0944. The summed E-state index contributed by atoms with van der Waals surface area (Å²) < 4.78 is 11.1. The van der Waals surface area contributed by atoms with Crippen molar-refractivity contribution in [2.45, 2.75) is 11.9 Å². The van der Waals surface area contributed by atoms with Gasteiger partial charge in [0, 0.05) is 28.9 Å². The quantitative estimate of drug-likeness (QED) is 0.547. The van der Waals surface area contributed by atoms with Gasteiger partial charge in [-0.15, -0.1) is 11.8 Å². The monoisotopic (exact) mass is 480 g/mol. The van der Waals surface area contributed by atoms with Gasteiger partial charge in [-0.2, -0.15) is 0 Å². The van der Waals surface area contributed by atoms with Gasteiger partial charge in [0.1, 0.15) is 18.6 Å². The summed E-state index contributed by atoms with van der Waals surface area (Å²) in [5.41, 5.74) is 3.18. The molecule has 0 aliphatic carbocycles. The molecule has 8 heteroatoms. The highest BCUT2D eigenvalue weighted by atomic mass is 35.5. The van der Waals surface area contributed by atoms with Crippen LogP contribution in [0.25, 0.3) is 0 Å². The third-order valence-corrected chi connectivity index (χ3v) is 7.00. The number of anilines is 1. The second-order valence-electron chi connectivity index (χ2n) is 7.75. The first kappa shape index (κ1) is 21.7. The molecule has 2 aliphatic rings. The Morgan fingerprint density at radius 1 is 1.00 bits per heavy atom. The normalized spacial score (nSPS) is 17.2. The lowest BCUT2D eigenvalue weighted by molar-refractivity contribution is -0.128. The Hall–Kier alpha value is -3.16. The van der Waals surface area contributed by atoms with Crippen molar-refractivity contribution in [2.24, 2.45) is 0 Å². The van der Waals surface area contributed by atoms with Crippen molar-refractivity contribution in [3.8, 4) is 11.5 Å². The van der Waals surface area contributed by atoms with E-state index in [1.165, 1.54) is 0 Å². The van der Waals surface area contributed by atoms with E-state index in [1.807, 2.05) is 41.3 Å². The van der Waals surface area contributed by atoms with Crippen LogP contribution in [0.15, 0.2) is 66.7 Å². The number of nitrogens with one attached hydrogen (secondary N) is 1. The molecule has 0 bridgehead atoms. The molecule has 3 aromatic carbocycles. The zero-order chi connectivity index (χ0) is 22.8. The molecule has 1 N–H and O–H groups in total. The molecule has 33 heavy (non-hydrogen) atoms. The van der Waals surface area contributed by atoms with Gasteiger partial charge in [-0.25, -0.2) is 0 Å². The van der Waals surface area contributed by atoms with E-state index in [2.05, 4.69) is 5.32 Å². The predicted octanol–water partition coefficient (Wildman–Crippen LogP) is 5.14. The van der Waals surface area contributed by atoms with Crippen LogP contribution in [-0.2, 0) is 11.3 Å². The highest BCUT2D eigenvalue weighted by Gasteiger charge is 2.32. The molecule has 1 fully saturated rings. The van der Waals surface area contributed by atoms with Gasteiger partial charge < -0.3 is 19.7 Å². The summed E-state index contributed by atoms with van der Waals surface area (Å²) in [6, 6.07) is 20.2. The molecule has 5 rings (SSSR count). The number of hydrogen-bond acceptors (Lipinski definition) is 5. The van der Waals surface area contributed by atoms with Gasteiger partial charge in [-0.05, 0) is 47.5 Å². The first-order valence-electron chi connectivity index (χ1n) is 10.5. The molecule has 6 nitrogen and oxygen atoms in total. The average molecular weight is 481 g/mol. The molecule has 0 spiro atoms. The summed E-state index contributed by atoms with van der Waals surface area (Å²) in [4.78, 5) is 27.1. The van der Waals surface area contributed by atoms with E-state index < -0.39 is 0 Å². The number of rotatable bonds is 5. The molecule has 2 amide bonds. The average Bonchev–Trinajstić information content (AvgIpc) is 3.20. The van der Waals surface area contributed by atoms with Gasteiger partial charge in [-0.3, -0.25) is 9.59 Å². The van der Waals surface area contributed by atoms with Crippen LogP contribution in [0.1, 0.15) is 26.9 Å². The Morgan fingerprint density at radius 2 is 1.73 bits per heavy atom. The van der Waals surface area contributed by atoms with Crippen LogP contribution in [0, 0.1) is 0 Å². The maximum absolute atomic E-state index is 12.7. The largest absolute Gasteiger partial charge is 0.486 e. The third kappa shape index (κ3) is 4.79. The minimum Gasteiger partial charge on any atom is -0.486 e. The fourth-order valence-electron chi connectivity index (χ4n) is 3.81. The highest BCUT2D eigenvalue weighted by molar-refractivity contribution is 8.00. The Kier molecular flexibility index (Phi) is 6.15. The van der Waals surface area contributed by atoms with Crippen LogP contribution < -0.4 is 14.8 Å². The first-order valence-corrected chi connectivity index (χ1v) is 12.0. The van der Waals surface area contributed by atoms with Crippen molar-refractivity contribution >= 4 is 40.9 Å². The number of amides is 2. The van der Waals surface area contributed by atoms with Gasteiger partial charge in [0.05, 0.1) is 5.75 Å². The standard InChI is InChI=1S/C25H21ClN2O4S/c26-19-7-1-16(2-8-19)14-28-23(29)15-33-25(28)18-5-3-17(4-6-18)24(30)27-20-9-10-21-22(13-20)32-12-11-31-21/h1-10,13,25H,11-12,14-15H2,(H,27,30)/t25-/m0/s1. The van der Waals surface area contributed by atoms with Crippen LogP contribution in [0.4, 0.5) is 5.69 Å². The number of ether oxygens (including phenoxy) is 2. The molecule has 168 valence electrons. The molecule has 2 heterocycles. The summed E-state index contributed by atoms with van der Waals surface area (Å²) in [5.74, 6) is 1.62. The van der Waals surface area contributed by atoms with Crippen molar-refractivity contribution in [2.75, 3.05) is 24.3 Å². The summed E-state index contributed by atoms with van der Waals surface area (Å²) >= 11 is 7.56. The fraction of sp³-hybridized carbons (Fsp3) is 0.200. The second kappa shape index (κ2) is 9.37. The van der Waals surface area contributed by atoms with Crippen molar-refractivity contribution in [3.05, 3.63) is 88.4 Å². The molecule has 0 unspecified atom stereocenters. The Labute approximate surface area is 200 Å². The van der Waals surface area contributed by atoms with Crippen LogP contribution in [0.2, 0.25) is 5.02 Å². The summed E-state index contributed by atoms with van der Waals surface area (Å²) in [6.45, 7) is 1.52. The smallest absolute Gasteiger partial charge is 0.255 e. The van der Waals surface area contributed by atoms with Gasteiger partial charge in [0.25, 0.3) is 5.91 Å². The maximum atomic E-state index is 12.7. The lowest BCUT2D eigenvalue weighted by atomic mass is 10.1. The van der Waals surface area contributed by atoms with Crippen LogP contribution >= 0.6 is 23.4 Å². The van der Waals surface area contributed by atoms with E-state index >= 15 is 0 Å². The van der Waals surface area contributed by atoms with Gasteiger partial charge in [0.2, 0.25) is 5.91 Å². The van der Waals surface area contributed by atoms with Gasteiger partial charge in [0.15, 0.2) is 11.5 Å². The Bertz CT molecular complexity index is 1180. The van der Waals surface area contributed by atoms with Crippen LogP contribution in [-0.4, -0.2) is 35.7 Å². The number of carbonyl (C=O) groups excluding carboxylic acids is 2. The Balaban J connectivity index is 1.27. The van der Waals surface area contributed by atoms with E-state index in [0.717, 1.165) is 11.1 Å². The summed E-state index contributed by atoms with van der Waals surface area (Å²) in [6.07, 6.45) is 0. The van der Waals surface area contributed by atoms with Crippen molar-refractivity contribution in [1.82, 2.24) is 4.90 Å². The maximum Gasteiger partial charge on any atom is 0.255 e. The SMILES string of the molecule is O=C(Nc1ccc2c(c1)OCCO2)c1ccc([C@@H]2SCC(=O)N2Cc2ccc(Cl)cc2)cc1. The number of carbonyl (C=O) groups is 2. The van der Waals surface area contributed by atoms with E-state index in [9.17, 15) is 9.59 Å². The lowest BCUT2D eigenvalue weighted by Crippen LogP contribution is -2.27. The number of hydrogen-bond donors (Lipinski definition) is 1. The second-order valence-corrected chi connectivity index (χ2v) is 9.25. The van der Waals surface area contributed by atoms with E-state index in [0.29, 0.717) is 53.3 Å². The molecular weight excluding hydrogens is 460 g/mol. The highest BCUT2D eigenvalue weighted by Crippen LogP contribution is 2.39. The van der Waals surface area contributed by atoms with Crippen molar-refractivity contribution in [3.63, 3.8) is 0 Å². The van der Waals surface area contributed by atoms with Crippen LogP contribution in [0.5, 0.6) is 11.5 Å². The van der Waals surface area contributed by atoms with Crippen molar-refractivity contribution < 1.29 is 19.1 Å². The number of benzene rings is 3. The molecule has 0 radical (unpaired) electrons. The topological polar surface area (TPSA) is 67.9 Å². The summed E-state index contributed by atoms with van der Waals surface area (Å²) in [7, 11) is 0. The van der Waals surface area contributed by atoms with Gasteiger partial charge in [-0.1, -0.05) is 35.9 Å². The first-order chi connectivity index (χ1) is 16.1. The fourth-order valence-corrected chi connectivity index (χ4v) is 5.13. The molecule has 0 aromatic heterocycles. The molecule has 2 aliphatic heterocycles. The molecular formula is C25H21ClN2O4S. The zero-order valence-corrected chi connectivity index (χ0v) is 19.2. The number of fused-ring (bicyclic) bond motifs is 1. The molecule has 0 saturated carbocycles. The van der Waals surface area contributed by atoms with E-state index in [-0.39, 0.29) is 17.2 Å². The van der Waals surface area contributed by atoms with Gasteiger partial charge >= 0.3 is 0 Å². The van der Waals surface area contributed by atoms with Crippen molar-refractivity contribution in [1.29, 1.82) is 0 Å². The van der Waals surface area contributed by atoms with E-state index in [1.54, 1.807) is 42.1 Å². The third-order valence-electron chi connectivity index (χ3n) is 5.49. The lowest BCUT2D eigenvalue weighted by Gasteiger charge is -2.24. The van der Waals surface area contributed by atoms with E-state index in [4.69, 9.17) is 21.1 Å². The number of thioether (sulfide) groups is 1.